The zero-order valence-corrected chi connectivity index (χ0v) is 12.3. The van der Waals surface area contributed by atoms with Crippen molar-refractivity contribution in [3.05, 3.63) is 42.7 Å². The van der Waals surface area contributed by atoms with Crippen molar-refractivity contribution in [1.29, 1.82) is 0 Å². The summed E-state index contributed by atoms with van der Waals surface area (Å²) in [7, 11) is -3.79. The summed E-state index contributed by atoms with van der Waals surface area (Å²) < 4.78 is 39.2. The first-order valence-corrected chi connectivity index (χ1v) is 8.07. The minimum atomic E-state index is -3.79. The largest absolute Gasteiger partial charge is 0.351 e. The second-order valence-corrected chi connectivity index (χ2v) is 6.65. The van der Waals surface area contributed by atoms with Crippen LogP contribution in [0, 0.1) is 5.82 Å². The molecule has 1 unspecified atom stereocenters. The highest BCUT2D eigenvalue weighted by Crippen LogP contribution is 2.26. The Bertz CT molecular complexity index is 628. The Labute approximate surface area is 123 Å². The Kier molecular flexibility index (Phi) is 4.74. The van der Waals surface area contributed by atoms with Gasteiger partial charge in [0.2, 0.25) is 15.9 Å². The lowest BCUT2D eigenvalue weighted by Crippen LogP contribution is -2.45. The van der Waals surface area contributed by atoms with Crippen molar-refractivity contribution >= 4 is 15.9 Å². The highest BCUT2D eigenvalue weighted by atomic mass is 32.2. The Morgan fingerprint density at radius 1 is 1.43 bits per heavy atom. The van der Waals surface area contributed by atoms with E-state index in [0.717, 1.165) is 12.1 Å². The van der Waals surface area contributed by atoms with E-state index in [2.05, 4.69) is 11.9 Å². The molecule has 1 N–H and O–H groups in total. The first kappa shape index (κ1) is 15.7. The number of amides is 1. The molecule has 0 aromatic heterocycles. The Morgan fingerprint density at radius 2 is 2.10 bits per heavy atom. The van der Waals surface area contributed by atoms with Gasteiger partial charge in [0.25, 0.3) is 0 Å². The molecule has 0 radical (unpaired) electrons. The van der Waals surface area contributed by atoms with Gasteiger partial charge in [-0.15, -0.1) is 6.58 Å². The van der Waals surface area contributed by atoms with E-state index in [1.807, 2.05) is 0 Å². The predicted molar refractivity (Wildman–Crippen MR) is 76.5 cm³/mol. The van der Waals surface area contributed by atoms with Gasteiger partial charge in [0.1, 0.15) is 11.9 Å². The van der Waals surface area contributed by atoms with Gasteiger partial charge in [-0.25, -0.2) is 12.8 Å². The SMILES string of the molecule is C=CCNC(=O)C1CCCN1S(=O)(=O)c1ccc(F)cc1. The van der Waals surface area contributed by atoms with Gasteiger partial charge in [-0.2, -0.15) is 4.31 Å². The van der Waals surface area contributed by atoms with Crippen molar-refractivity contribution in [2.75, 3.05) is 13.1 Å². The standard InChI is InChI=1S/C14H17FN2O3S/c1-2-9-16-14(18)13-4-3-10-17(13)21(19,20)12-7-5-11(15)6-8-12/h2,5-8,13H,1,3-4,9-10H2,(H,16,18). The van der Waals surface area contributed by atoms with Crippen molar-refractivity contribution in [2.45, 2.75) is 23.8 Å². The molecule has 2 rings (SSSR count). The zero-order valence-electron chi connectivity index (χ0n) is 11.5. The quantitative estimate of drug-likeness (QED) is 0.833. The lowest BCUT2D eigenvalue weighted by molar-refractivity contribution is -0.123. The number of halogens is 1. The Hall–Kier alpha value is -1.73. The molecule has 0 spiro atoms. The first-order valence-electron chi connectivity index (χ1n) is 6.63. The topological polar surface area (TPSA) is 66.5 Å². The van der Waals surface area contributed by atoms with Crippen LogP contribution in [-0.4, -0.2) is 37.8 Å². The van der Waals surface area contributed by atoms with Crippen LogP contribution in [-0.2, 0) is 14.8 Å². The molecule has 1 saturated heterocycles. The normalized spacial score (nSPS) is 19.4. The third kappa shape index (κ3) is 3.30. The number of carbonyl (C=O) groups is 1. The number of sulfonamides is 1. The first-order chi connectivity index (χ1) is 9.96. The molecule has 1 heterocycles. The van der Waals surface area contributed by atoms with Crippen LogP contribution in [0.5, 0.6) is 0 Å². The average molecular weight is 312 g/mol. The van der Waals surface area contributed by atoms with Gasteiger partial charge in [0.05, 0.1) is 4.90 Å². The maximum atomic E-state index is 12.9. The minimum Gasteiger partial charge on any atom is -0.351 e. The summed E-state index contributed by atoms with van der Waals surface area (Å²) in [6.45, 7) is 4.08. The minimum absolute atomic E-state index is 0.00711. The number of rotatable bonds is 5. The molecule has 0 bridgehead atoms. The molecule has 114 valence electrons. The summed E-state index contributed by atoms with van der Waals surface area (Å²) in [5.41, 5.74) is 0. The lowest BCUT2D eigenvalue weighted by Gasteiger charge is -2.23. The van der Waals surface area contributed by atoms with E-state index < -0.39 is 21.9 Å². The van der Waals surface area contributed by atoms with Gasteiger partial charge in [-0.05, 0) is 37.1 Å². The monoisotopic (exact) mass is 312 g/mol. The van der Waals surface area contributed by atoms with E-state index in [-0.39, 0.29) is 17.3 Å². The van der Waals surface area contributed by atoms with Gasteiger partial charge in [0.15, 0.2) is 0 Å². The molecule has 21 heavy (non-hydrogen) atoms. The van der Waals surface area contributed by atoms with Crippen molar-refractivity contribution in [1.82, 2.24) is 9.62 Å². The molecule has 7 heteroatoms. The van der Waals surface area contributed by atoms with E-state index in [4.69, 9.17) is 0 Å². The molecule has 1 atom stereocenters. The van der Waals surface area contributed by atoms with Crippen LogP contribution in [0.2, 0.25) is 0 Å². The molecule has 1 aromatic rings. The van der Waals surface area contributed by atoms with Crippen molar-refractivity contribution in [2.24, 2.45) is 0 Å². The summed E-state index contributed by atoms with van der Waals surface area (Å²) in [5.74, 6) is -0.839. The highest BCUT2D eigenvalue weighted by Gasteiger charge is 2.39. The Balaban J connectivity index is 2.24. The lowest BCUT2D eigenvalue weighted by atomic mass is 10.2. The fourth-order valence-corrected chi connectivity index (χ4v) is 3.98. The maximum Gasteiger partial charge on any atom is 0.243 e. The zero-order chi connectivity index (χ0) is 15.5. The molecular weight excluding hydrogens is 295 g/mol. The van der Waals surface area contributed by atoms with Crippen molar-refractivity contribution < 1.29 is 17.6 Å². The number of hydrogen-bond donors (Lipinski definition) is 1. The van der Waals surface area contributed by atoms with Gasteiger partial charge >= 0.3 is 0 Å². The molecule has 5 nitrogen and oxygen atoms in total. The molecule has 0 aliphatic carbocycles. The van der Waals surface area contributed by atoms with Gasteiger partial charge in [-0.1, -0.05) is 6.08 Å². The summed E-state index contributed by atoms with van der Waals surface area (Å²) in [6.07, 6.45) is 2.63. The summed E-state index contributed by atoms with van der Waals surface area (Å²) in [6, 6.07) is 3.88. The average Bonchev–Trinajstić information content (AvgIpc) is 2.95. The van der Waals surface area contributed by atoms with E-state index in [1.165, 1.54) is 22.5 Å². The van der Waals surface area contributed by atoms with Crippen LogP contribution >= 0.6 is 0 Å². The third-order valence-corrected chi connectivity index (χ3v) is 5.27. The van der Waals surface area contributed by atoms with Gasteiger partial charge in [0, 0.05) is 13.1 Å². The third-order valence-electron chi connectivity index (χ3n) is 3.35. The second-order valence-electron chi connectivity index (χ2n) is 4.76. The van der Waals surface area contributed by atoms with Crippen LogP contribution in [0.1, 0.15) is 12.8 Å². The van der Waals surface area contributed by atoms with Crippen LogP contribution in [0.25, 0.3) is 0 Å². The van der Waals surface area contributed by atoms with E-state index in [1.54, 1.807) is 0 Å². The van der Waals surface area contributed by atoms with Crippen LogP contribution in [0.3, 0.4) is 0 Å². The summed E-state index contributed by atoms with van der Waals surface area (Å²) in [4.78, 5) is 12.0. The summed E-state index contributed by atoms with van der Waals surface area (Å²) in [5, 5.41) is 2.61. The van der Waals surface area contributed by atoms with Crippen molar-refractivity contribution in [3.8, 4) is 0 Å². The molecule has 1 amide bonds. The van der Waals surface area contributed by atoms with Crippen LogP contribution in [0.4, 0.5) is 4.39 Å². The molecule has 1 fully saturated rings. The van der Waals surface area contributed by atoms with Crippen LogP contribution < -0.4 is 5.32 Å². The van der Waals surface area contributed by atoms with E-state index in [9.17, 15) is 17.6 Å². The second kappa shape index (κ2) is 6.36. The van der Waals surface area contributed by atoms with Gasteiger partial charge in [-0.3, -0.25) is 4.79 Å². The predicted octanol–water partition coefficient (Wildman–Crippen LogP) is 1.28. The fourth-order valence-electron chi connectivity index (χ4n) is 2.32. The number of benzene rings is 1. The van der Waals surface area contributed by atoms with Crippen LogP contribution in [0.15, 0.2) is 41.8 Å². The van der Waals surface area contributed by atoms with E-state index in [0.29, 0.717) is 19.4 Å². The molecule has 1 aromatic carbocycles. The Morgan fingerprint density at radius 3 is 2.71 bits per heavy atom. The molecule has 1 aliphatic rings. The smallest absolute Gasteiger partial charge is 0.243 e. The highest BCUT2D eigenvalue weighted by molar-refractivity contribution is 7.89. The fraction of sp³-hybridized carbons (Fsp3) is 0.357. The number of carbonyl (C=O) groups excluding carboxylic acids is 1. The van der Waals surface area contributed by atoms with E-state index >= 15 is 0 Å². The maximum absolute atomic E-state index is 12.9. The van der Waals surface area contributed by atoms with Crippen molar-refractivity contribution in [3.63, 3.8) is 0 Å². The number of nitrogens with one attached hydrogen (secondary N) is 1. The number of nitrogens with zero attached hydrogens (tertiary/aromatic N) is 1. The molecular formula is C14H17FN2O3S. The van der Waals surface area contributed by atoms with Gasteiger partial charge < -0.3 is 5.32 Å². The summed E-state index contributed by atoms with van der Waals surface area (Å²) >= 11 is 0. The number of hydrogen-bond acceptors (Lipinski definition) is 3. The molecule has 1 aliphatic heterocycles. The molecule has 0 saturated carbocycles.